The van der Waals surface area contributed by atoms with E-state index >= 15 is 0 Å². The van der Waals surface area contributed by atoms with Gasteiger partial charge in [0.2, 0.25) is 0 Å². The van der Waals surface area contributed by atoms with Gasteiger partial charge < -0.3 is 5.32 Å². The Labute approximate surface area is 150 Å². The lowest BCUT2D eigenvalue weighted by molar-refractivity contribution is 0.0936. The van der Waals surface area contributed by atoms with E-state index in [0.717, 1.165) is 11.1 Å². The van der Waals surface area contributed by atoms with Crippen LogP contribution in [0.5, 0.6) is 0 Å². The summed E-state index contributed by atoms with van der Waals surface area (Å²) in [6, 6.07) is 29.3. The van der Waals surface area contributed by atoms with E-state index in [4.69, 9.17) is 0 Å². The molecule has 0 aliphatic heterocycles. The summed E-state index contributed by atoms with van der Waals surface area (Å²) in [6.07, 6.45) is 0. The van der Waals surface area contributed by atoms with Crippen LogP contribution in [0.1, 0.15) is 32.4 Å². The summed E-state index contributed by atoms with van der Waals surface area (Å²) in [5.41, 5.74) is 2.85. The number of carbonyl (C=O) groups excluding carboxylic acids is 1. The van der Waals surface area contributed by atoms with Crippen molar-refractivity contribution >= 4 is 21.8 Å². The molecule has 0 heterocycles. The van der Waals surface area contributed by atoms with Gasteiger partial charge in [-0.3, -0.25) is 4.79 Å². The van der Waals surface area contributed by atoms with Crippen molar-refractivity contribution in [1.29, 1.82) is 0 Å². The van der Waals surface area contributed by atoms with E-state index in [1.54, 1.807) is 0 Å². The SMILES string of the molecule is O=C(N[C@H](c1ccccc1)[C@@H](Br)c1ccccc1)c1ccccc1. The first-order valence-electron chi connectivity index (χ1n) is 7.85. The maximum absolute atomic E-state index is 12.6. The second-order valence-corrected chi connectivity index (χ2v) is 6.53. The first-order valence-corrected chi connectivity index (χ1v) is 8.77. The van der Waals surface area contributed by atoms with Gasteiger partial charge in [-0.25, -0.2) is 0 Å². The molecule has 3 aromatic carbocycles. The molecule has 120 valence electrons. The van der Waals surface area contributed by atoms with Crippen LogP contribution < -0.4 is 5.32 Å². The van der Waals surface area contributed by atoms with Gasteiger partial charge >= 0.3 is 0 Å². The summed E-state index contributed by atoms with van der Waals surface area (Å²) < 4.78 is 0. The first kappa shape index (κ1) is 16.5. The van der Waals surface area contributed by atoms with Gasteiger partial charge in [0.15, 0.2) is 0 Å². The third kappa shape index (κ3) is 3.92. The van der Waals surface area contributed by atoms with Crippen LogP contribution in [0.25, 0.3) is 0 Å². The number of amides is 1. The van der Waals surface area contributed by atoms with Crippen molar-refractivity contribution in [3.05, 3.63) is 108 Å². The highest BCUT2D eigenvalue weighted by atomic mass is 79.9. The van der Waals surface area contributed by atoms with E-state index in [9.17, 15) is 4.79 Å². The number of alkyl halides is 1. The van der Waals surface area contributed by atoms with Crippen molar-refractivity contribution in [2.45, 2.75) is 10.9 Å². The zero-order valence-corrected chi connectivity index (χ0v) is 14.7. The summed E-state index contributed by atoms with van der Waals surface area (Å²) in [7, 11) is 0. The molecule has 0 spiro atoms. The minimum absolute atomic E-state index is 0.0197. The lowest BCUT2D eigenvalue weighted by Crippen LogP contribution is -2.31. The molecule has 0 saturated carbocycles. The third-order valence-corrected chi connectivity index (χ3v) is 4.95. The summed E-state index contributed by atoms with van der Waals surface area (Å²) in [5, 5.41) is 3.16. The fourth-order valence-electron chi connectivity index (χ4n) is 2.63. The van der Waals surface area contributed by atoms with Gasteiger partial charge in [-0.15, -0.1) is 0 Å². The maximum atomic E-state index is 12.6. The average Bonchev–Trinajstić information content (AvgIpc) is 2.67. The average molecular weight is 380 g/mol. The molecule has 2 nitrogen and oxygen atoms in total. The highest BCUT2D eigenvalue weighted by Gasteiger charge is 2.24. The second kappa shape index (κ2) is 7.93. The Morgan fingerprint density at radius 3 is 1.71 bits per heavy atom. The molecule has 1 N–H and O–H groups in total. The lowest BCUT2D eigenvalue weighted by Gasteiger charge is -2.25. The fourth-order valence-corrected chi connectivity index (χ4v) is 3.37. The minimum Gasteiger partial charge on any atom is -0.344 e. The number of hydrogen-bond acceptors (Lipinski definition) is 1. The molecule has 0 fully saturated rings. The fraction of sp³-hybridized carbons (Fsp3) is 0.0952. The zero-order chi connectivity index (χ0) is 16.8. The maximum Gasteiger partial charge on any atom is 0.251 e. The molecular weight excluding hydrogens is 362 g/mol. The van der Waals surface area contributed by atoms with Gasteiger partial charge in [-0.05, 0) is 23.3 Å². The second-order valence-electron chi connectivity index (χ2n) is 5.54. The van der Waals surface area contributed by atoms with Crippen LogP contribution in [0.3, 0.4) is 0 Å². The van der Waals surface area contributed by atoms with E-state index in [2.05, 4.69) is 33.4 Å². The van der Waals surface area contributed by atoms with Crippen molar-refractivity contribution in [1.82, 2.24) is 5.32 Å². The smallest absolute Gasteiger partial charge is 0.251 e. The van der Waals surface area contributed by atoms with E-state index < -0.39 is 0 Å². The molecule has 0 saturated heterocycles. The molecule has 3 rings (SSSR count). The number of benzene rings is 3. The Morgan fingerprint density at radius 2 is 1.17 bits per heavy atom. The Morgan fingerprint density at radius 1 is 0.708 bits per heavy atom. The van der Waals surface area contributed by atoms with Crippen LogP contribution in [0.4, 0.5) is 0 Å². The highest BCUT2D eigenvalue weighted by molar-refractivity contribution is 9.09. The van der Waals surface area contributed by atoms with Crippen LogP contribution in [0.2, 0.25) is 0 Å². The monoisotopic (exact) mass is 379 g/mol. The predicted octanol–water partition coefficient (Wildman–Crippen LogP) is 5.29. The summed E-state index contributed by atoms with van der Waals surface area (Å²) in [6.45, 7) is 0. The number of nitrogens with one attached hydrogen (secondary N) is 1. The van der Waals surface area contributed by atoms with Gasteiger partial charge in [0.05, 0.1) is 10.9 Å². The molecule has 1 amide bonds. The van der Waals surface area contributed by atoms with Crippen LogP contribution in [-0.2, 0) is 0 Å². The molecule has 3 heteroatoms. The summed E-state index contributed by atoms with van der Waals surface area (Å²) >= 11 is 3.78. The van der Waals surface area contributed by atoms with E-state index in [1.165, 1.54) is 0 Å². The van der Waals surface area contributed by atoms with Gasteiger partial charge in [0.25, 0.3) is 5.91 Å². The molecule has 0 aliphatic carbocycles. The van der Waals surface area contributed by atoms with Gasteiger partial charge in [0.1, 0.15) is 0 Å². The third-order valence-electron chi connectivity index (χ3n) is 3.89. The van der Waals surface area contributed by atoms with Crippen LogP contribution >= 0.6 is 15.9 Å². The molecule has 0 aliphatic rings. The van der Waals surface area contributed by atoms with Crippen molar-refractivity contribution in [2.24, 2.45) is 0 Å². The van der Waals surface area contributed by atoms with E-state index in [1.807, 2.05) is 78.9 Å². The van der Waals surface area contributed by atoms with Crippen molar-refractivity contribution in [3.8, 4) is 0 Å². The van der Waals surface area contributed by atoms with Gasteiger partial charge in [0, 0.05) is 5.56 Å². The Bertz CT molecular complexity index is 775. The molecule has 0 radical (unpaired) electrons. The topological polar surface area (TPSA) is 29.1 Å². The van der Waals surface area contributed by atoms with E-state index in [-0.39, 0.29) is 16.8 Å². The van der Waals surface area contributed by atoms with Gasteiger partial charge in [-0.2, -0.15) is 0 Å². The number of halogens is 1. The number of carbonyl (C=O) groups is 1. The lowest BCUT2D eigenvalue weighted by atomic mass is 9.98. The van der Waals surface area contributed by atoms with E-state index in [0.29, 0.717) is 5.56 Å². The Kier molecular flexibility index (Phi) is 5.44. The molecule has 24 heavy (non-hydrogen) atoms. The highest BCUT2D eigenvalue weighted by Crippen LogP contribution is 2.36. The molecule has 0 aromatic heterocycles. The standard InChI is InChI=1S/C21H18BrNO/c22-19(16-10-4-1-5-11-16)20(17-12-6-2-7-13-17)23-21(24)18-14-8-3-9-15-18/h1-15,19-20H,(H,23,24)/t19-,20+/m0/s1. The number of hydrogen-bond donors (Lipinski definition) is 1. The van der Waals surface area contributed by atoms with Crippen LogP contribution in [-0.4, -0.2) is 5.91 Å². The Hall–Kier alpha value is -2.39. The van der Waals surface area contributed by atoms with Crippen molar-refractivity contribution in [2.75, 3.05) is 0 Å². The van der Waals surface area contributed by atoms with Crippen LogP contribution in [0.15, 0.2) is 91.0 Å². The predicted molar refractivity (Wildman–Crippen MR) is 101 cm³/mol. The summed E-state index contributed by atoms with van der Waals surface area (Å²) in [4.78, 5) is 12.6. The molecule has 0 unspecified atom stereocenters. The molecular formula is C21H18BrNO. The number of rotatable bonds is 5. The minimum atomic E-state index is -0.165. The quantitative estimate of drug-likeness (QED) is 0.599. The largest absolute Gasteiger partial charge is 0.344 e. The van der Waals surface area contributed by atoms with Crippen LogP contribution in [0, 0.1) is 0 Å². The summed E-state index contributed by atoms with van der Waals surface area (Å²) in [5.74, 6) is -0.0789. The molecule has 2 atom stereocenters. The van der Waals surface area contributed by atoms with Crippen molar-refractivity contribution < 1.29 is 4.79 Å². The Balaban J connectivity index is 1.90. The van der Waals surface area contributed by atoms with Gasteiger partial charge in [-0.1, -0.05) is 94.8 Å². The molecule has 3 aromatic rings. The zero-order valence-electron chi connectivity index (χ0n) is 13.1. The first-order chi connectivity index (χ1) is 11.8. The normalized spacial score (nSPS) is 13.0. The van der Waals surface area contributed by atoms with Crippen molar-refractivity contribution in [3.63, 3.8) is 0 Å². The molecule has 0 bridgehead atoms.